The van der Waals surface area contributed by atoms with Gasteiger partial charge in [-0.2, -0.15) is 0 Å². The molecule has 2 aromatic carbocycles. The Hall–Kier alpha value is -1.84. The van der Waals surface area contributed by atoms with Crippen LogP contribution >= 0.6 is 22.9 Å². The summed E-state index contributed by atoms with van der Waals surface area (Å²) in [6.07, 6.45) is 1.78. The second kappa shape index (κ2) is 5.03. The first kappa shape index (κ1) is 12.2. The lowest BCUT2D eigenvalue weighted by molar-refractivity contribution is 0.475. The molecule has 0 spiro atoms. The molecule has 4 heteroatoms. The van der Waals surface area contributed by atoms with Crippen molar-refractivity contribution in [1.29, 1.82) is 0 Å². The lowest BCUT2D eigenvalue weighted by Gasteiger charge is -2.03. The van der Waals surface area contributed by atoms with Crippen LogP contribution in [0.2, 0.25) is 4.47 Å². The van der Waals surface area contributed by atoms with E-state index < -0.39 is 0 Å². The Morgan fingerprint density at radius 3 is 1.89 bits per heavy atom. The molecule has 0 radical (unpaired) electrons. The minimum atomic E-state index is 0.277. The van der Waals surface area contributed by atoms with Crippen molar-refractivity contribution < 1.29 is 5.11 Å². The summed E-state index contributed by atoms with van der Waals surface area (Å²) in [6.45, 7) is 0. The van der Waals surface area contributed by atoms with Gasteiger partial charge >= 0.3 is 0 Å². The molecule has 1 heterocycles. The summed E-state index contributed by atoms with van der Waals surface area (Å²) in [5, 5.41) is 9.28. The number of aromatic nitrogens is 1. The van der Waals surface area contributed by atoms with Gasteiger partial charge in [-0.3, -0.25) is 0 Å². The predicted octanol–water partition coefficient (Wildman–Crippen LogP) is 4.84. The normalized spacial score (nSPS) is 10.6. The van der Waals surface area contributed by atoms with Crippen LogP contribution in [0.1, 0.15) is 0 Å². The third kappa shape index (κ3) is 2.62. The highest BCUT2D eigenvalue weighted by Gasteiger charge is 2.03. The molecular weight excluding hydrogens is 278 g/mol. The van der Waals surface area contributed by atoms with Crippen LogP contribution in [0.25, 0.3) is 21.6 Å². The largest absolute Gasteiger partial charge is 0.508 e. The molecule has 0 saturated heterocycles. The molecule has 2 nitrogen and oxygen atoms in total. The van der Waals surface area contributed by atoms with Gasteiger partial charge in [-0.15, -0.1) is 11.3 Å². The van der Waals surface area contributed by atoms with Gasteiger partial charge < -0.3 is 5.11 Å². The molecule has 0 aliphatic carbocycles. The highest BCUT2D eigenvalue weighted by atomic mass is 35.5. The van der Waals surface area contributed by atoms with Gasteiger partial charge in [-0.25, -0.2) is 4.98 Å². The first-order chi connectivity index (χ1) is 9.22. The standard InChI is InChI=1S/C15H10ClNOS/c16-15-17-9-14(19-15)12-3-1-10(2-4-12)11-5-7-13(18)8-6-11/h1-9,18H. The fraction of sp³-hybridized carbons (Fsp3) is 0. The summed E-state index contributed by atoms with van der Waals surface area (Å²) in [4.78, 5) is 5.10. The molecule has 3 rings (SSSR count). The van der Waals surface area contributed by atoms with E-state index in [0.717, 1.165) is 21.6 Å². The number of benzene rings is 2. The van der Waals surface area contributed by atoms with Crippen molar-refractivity contribution in [3.63, 3.8) is 0 Å². The fourth-order valence-electron chi connectivity index (χ4n) is 1.87. The second-order valence-electron chi connectivity index (χ2n) is 4.10. The number of phenolic OH excluding ortho intramolecular Hbond substituents is 1. The highest BCUT2D eigenvalue weighted by Crippen LogP contribution is 2.30. The van der Waals surface area contributed by atoms with Crippen molar-refractivity contribution >= 4 is 22.9 Å². The fourth-order valence-corrected chi connectivity index (χ4v) is 2.81. The average molecular weight is 288 g/mol. The van der Waals surface area contributed by atoms with Gasteiger partial charge in [0, 0.05) is 6.20 Å². The number of thiazole rings is 1. The highest BCUT2D eigenvalue weighted by molar-refractivity contribution is 7.18. The van der Waals surface area contributed by atoms with Crippen LogP contribution in [-0.4, -0.2) is 10.1 Å². The molecule has 0 fully saturated rings. The van der Waals surface area contributed by atoms with Gasteiger partial charge in [-0.05, 0) is 28.8 Å². The SMILES string of the molecule is Oc1ccc(-c2ccc(-c3cnc(Cl)s3)cc2)cc1. The molecule has 0 atom stereocenters. The molecule has 3 aromatic rings. The molecule has 1 aromatic heterocycles. The van der Waals surface area contributed by atoms with E-state index in [2.05, 4.69) is 17.1 Å². The summed E-state index contributed by atoms with van der Waals surface area (Å²) < 4.78 is 0.553. The second-order valence-corrected chi connectivity index (χ2v) is 5.71. The van der Waals surface area contributed by atoms with Crippen molar-refractivity contribution in [3.05, 3.63) is 59.2 Å². The Labute approximate surface area is 120 Å². The van der Waals surface area contributed by atoms with E-state index in [1.807, 2.05) is 24.3 Å². The maximum atomic E-state index is 9.28. The van der Waals surface area contributed by atoms with E-state index in [1.165, 1.54) is 11.3 Å². The minimum Gasteiger partial charge on any atom is -0.508 e. The molecule has 1 N–H and O–H groups in total. The van der Waals surface area contributed by atoms with Crippen LogP contribution in [0.5, 0.6) is 5.75 Å². The minimum absolute atomic E-state index is 0.277. The molecule has 0 unspecified atom stereocenters. The quantitative estimate of drug-likeness (QED) is 0.732. The van der Waals surface area contributed by atoms with E-state index in [4.69, 9.17) is 11.6 Å². The number of aromatic hydroxyl groups is 1. The Morgan fingerprint density at radius 2 is 1.37 bits per heavy atom. The molecule has 19 heavy (non-hydrogen) atoms. The van der Waals surface area contributed by atoms with Crippen molar-refractivity contribution in [2.24, 2.45) is 0 Å². The van der Waals surface area contributed by atoms with E-state index in [1.54, 1.807) is 18.3 Å². The summed E-state index contributed by atoms with van der Waals surface area (Å²) >= 11 is 7.30. The lowest BCUT2D eigenvalue weighted by atomic mass is 10.0. The van der Waals surface area contributed by atoms with Crippen LogP contribution < -0.4 is 0 Å². The van der Waals surface area contributed by atoms with Crippen LogP contribution in [-0.2, 0) is 0 Å². The smallest absolute Gasteiger partial charge is 0.184 e. The maximum absolute atomic E-state index is 9.28. The molecule has 0 aliphatic rings. The maximum Gasteiger partial charge on any atom is 0.184 e. The first-order valence-electron chi connectivity index (χ1n) is 5.73. The molecular formula is C15H10ClNOS. The monoisotopic (exact) mass is 287 g/mol. The van der Waals surface area contributed by atoms with Gasteiger partial charge in [0.05, 0.1) is 4.88 Å². The molecule has 0 aliphatic heterocycles. The zero-order valence-electron chi connectivity index (χ0n) is 9.88. The third-order valence-electron chi connectivity index (χ3n) is 2.85. The Bertz CT molecular complexity index is 689. The number of phenols is 1. The van der Waals surface area contributed by atoms with Crippen LogP contribution in [0, 0.1) is 0 Å². The molecule has 0 saturated carbocycles. The Kier molecular flexibility index (Phi) is 3.23. The zero-order chi connectivity index (χ0) is 13.2. The van der Waals surface area contributed by atoms with E-state index in [-0.39, 0.29) is 5.75 Å². The predicted molar refractivity (Wildman–Crippen MR) is 79.7 cm³/mol. The van der Waals surface area contributed by atoms with Gasteiger partial charge in [0.2, 0.25) is 0 Å². The van der Waals surface area contributed by atoms with Crippen LogP contribution in [0.15, 0.2) is 54.7 Å². The average Bonchev–Trinajstić information content (AvgIpc) is 2.87. The van der Waals surface area contributed by atoms with Gasteiger partial charge in [0.1, 0.15) is 5.75 Å². The van der Waals surface area contributed by atoms with Crippen molar-refractivity contribution in [3.8, 4) is 27.3 Å². The summed E-state index contributed by atoms with van der Waals surface area (Å²) in [7, 11) is 0. The van der Waals surface area contributed by atoms with E-state index >= 15 is 0 Å². The topological polar surface area (TPSA) is 33.1 Å². The van der Waals surface area contributed by atoms with Gasteiger partial charge in [-0.1, -0.05) is 48.0 Å². The molecule has 0 amide bonds. The number of hydrogen-bond acceptors (Lipinski definition) is 3. The zero-order valence-corrected chi connectivity index (χ0v) is 11.4. The molecule has 94 valence electrons. The summed E-state index contributed by atoms with van der Waals surface area (Å²) in [5.41, 5.74) is 3.29. The number of nitrogens with zero attached hydrogens (tertiary/aromatic N) is 1. The van der Waals surface area contributed by atoms with E-state index in [9.17, 15) is 5.11 Å². The third-order valence-corrected chi connectivity index (χ3v) is 4.01. The van der Waals surface area contributed by atoms with Gasteiger partial charge in [0.25, 0.3) is 0 Å². The van der Waals surface area contributed by atoms with Crippen molar-refractivity contribution in [1.82, 2.24) is 4.98 Å². The van der Waals surface area contributed by atoms with Crippen LogP contribution in [0.4, 0.5) is 0 Å². The number of rotatable bonds is 2. The Balaban J connectivity index is 1.92. The first-order valence-corrected chi connectivity index (χ1v) is 6.93. The van der Waals surface area contributed by atoms with Gasteiger partial charge in [0.15, 0.2) is 4.47 Å². The van der Waals surface area contributed by atoms with E-state index in [0.29, 0.717) is 4.47 Å². The molecule has 0 bridgehead atoms. The lowest BCUT2D eigenvalue weighted by Crippen LogP contribution is -1.78. The van der Waals surface area contributed by atoms with Crippen molar-refractivity contribution in [2.45, 2.75) is 0 Å². The number of hydrogen-bond donors (Lipinski definition) is 1. The Morgan fingerprint density at radius 1 is 0.842 bits per heavy atom. The summed E-state index contributed by atoms with van der Waals surface area (Å²) in [5.74, 6) is 0.277. The summed E-state index contributed by atoms with van der Waals surface area (Å²) in [6, 6.07) is 15.4. The number of halogens is 1. The van der Waals surface area contributed by atoms with Crippen LogP contribution in [0.3, 0.4) is 0 Å². The van der Waals surface area contributed by atoms with Crippen molar-refractivity contribution in [2.75, 3.05) is 0 Å².